The average Bonchev–Trinajstić information content (AvgIpc) is 2.85. The van der Waals surface area contributed by atoms with Crippen LogP contribution in [0.5, 0.6) is 0 Å². The number of nitrogens with zero attached hydrogens (tertiary/aromatic N) is 3. The van der Waals surface area contributed by atoms with Crippen LogP contribution in [-0.2, 0) is 11.3 Å². The molecule has 20 heavy (non-hydrogen) atoms. The fourth-order valence-electron chi connectivity index (χ4n) is 1.55. The zero-order valence-corrected chi connectivity index (χ0v) is 12.4. The van der Waals surface area contributed by atoms with Gasteiger partial charge in [0, 0.05) is 18.7 Å². The Labute approximate surface area is 129 Å². The lowest BCUT2D eigenvalue weighted by molar-refractivity contribution is -0.116. The maximum absolute atomic E-state index is 11.3. The molecule has 2 rings (SSSR count). The molecule has 8 heteroatoms. The second kappa shape index (κ2) is 9.30. The molecule has 0 aliphatic carbocycles. The van der Waals surface area contributed by atoms with Gasteiger partial charge in [-0.1, -0.05) is 12.1 Å². The van der Waals surface area contributed by atoms with Crippen LogP contribution in [0, 0.1) is 0 Å². The number of halogens is 2. The smallest absolute Gasteiger partial charge is 0.225 e. The second-order valence-corrected chi connectivity index (χ2v) is 3.88. The number of nitrogens with one attached hydrogen (secondary N) is 1. The summed E-state index contributed by atoms with van der Waals surface area (Å²) >= 11 is 0. The van der Waals surface area contributed by atoms with E-state index in [1.54, 1.807) is 11.0 Å². The molecule has 2 aromatic rings. The highest BCUT2D eigenvalue weighted by atomic mass is 35.5. The third-order valence-corrected chi connectivity index (χ3v) is 2.42. The van der Waals surface area contributed by atoms with E-state index in [2.05, 4.69) is 15.4 Å². The summed E-state index contributed by atoms with van der Waals surface area (Å²) in [6.45, 7) is 1.02. The number of rotatable bonds is 5. The Kier molecular flexibility index (Phi) is 8.54. The Morgan fingerprint density at radius 3 is 2.50 bits per heavy atom. The number of carbonyl (C=O) groups is 1. The molecule has 1 aromatic heterocycles. The van der Waals surface area contributed by atoms with Crippen molar-refractivity contribution in [3.8, 4) is 0 Å². The molecule has 0 fully saturated rings. The van der Waals surface area contributed by atoms with Crippen molar-refractivity contribution in [1.82, 2.24) is 14.8 Å². The minimum atomic E-state index is -0.0680. The lowest BCUT2D eigenvalue weighted by atomic mass is 10.2. The van der Waals surface area contributed by atoms with Gasteiger partial charge in [0.2, 0.25) is 5.91 Å². The minimum absolute atomic E-state index is 0. The first-order chi connectivity index (χ1) is 8.78. The highest BCUT2D eigenvalue weighted by molar-refractivity contribution is 5.90. The number of hydrogen-bond donors (Lipinski definition) is 2. The third kappa shape index (κ3) is 5.56. The number of nitrogens with two attached hydrogens (primary N) is 1. The minimum Gasteiger partial charge on any atom is -0.330 e. The van der Waals surface area contributed by atoms with Gasteiger partial charge in [0.25, 0.3) is 0 Å². The number of hydrogen-bond acceptors (Lipinski definition) is 4. The summed E-state index contributed by atoms with van der Waals surface area (Å²) in [6.07, 6.45) is 3.50. The van der Waals surface area contributed by atoms with Crippen molar-refractivity contribution in [2.24, 2.45) is 5.73 Å². The van der Waals surface area contributed by atoms with Crippen LogP contribution in [0.4, 0.5) is 5.69 Å². The van der Waals surface area contributed by atoms with E-state index < -0.39 is 0 Å². The molecule has 0 saturated carbocycles. The van der Waals surface area contributed by atoms with Crippen LogP contribution in [-0.4, -0.2) is 27.2 Å². The highest BCUT2D eigenvalue weighted by Gasteiger charge is 2.01. The SMILES string of the molecule is Cl.Cl.NCCC(=O)Nc1ccc(Cn2cncn2)cc1. The molecule has 0 spiro atoms. The average molecular weight is 318 g/mol. The molecule has 0 unspecified atom stereocenters. The summed E-state index contributed by atoms with van der Waals surface area (Å²) in [6, 6.07) is 7.61. The predicted octanol–water partition coefficient (Wildman–Crippen LogP) is 1.46. The summed E-state index contributed by atoms with van der Waals surface area (Å²) < 4.78 is 1.74. The van der Waals surface area contributed by atoms with Gasteiger partial charge < -0.3 is 11.1 Å². The molecule has 0 radical (unpaired) electrons. The van der Waals surface area contributed by atoms with Crippen LogP contribution >= 0.6 is 24.8 Å². The summed E-state index contributed by atoms with van der Waals surface area (Å²) in [5.74, 6) is -0.0680. The fourth-order valence-corrected chi connectivity index (χ4v) is 1.55. The van der Waals surface area contributed by atoms with Crippen molar-refractivity contribution in [2.45, 2.75) is 13.0 Å². The molecule has 3 N–H and O–H groups in total. The van der Waals surface area contributed by atoms with Crippen LogP contribution in [0.25, 0.3) is 0 Å². The van der Waals surface area contributed by atoms with Crippen molar-refractivity contribution in [1.29, 1.82) is 0 Å². The van der Waals surface area contributed by atoms with Crippen LogP contribution in [0.15, 0.2) is 36.9 Å². The largest absolute Gasteiger partial charge is 0.330 e. The van der Waals surface area contributed by atoms with Gasteiger partial charge in [-0.05, 0) is 17.7 Å². The number of benzene rings is 1. The Hall–Kier alpha value is -1.63. The van der Waals surface area contributed by atoms with Gasteiger partial charge in [0.05, 0.1) is 6.54 Å². The number of carbonyl (C=O) groups excluding carboxylic acids is 1. The van der Waals surface area contributed by atoms with E-state index in [0.29, 0.717) is 19.5 Å². The molecule has 1 heterocycles. The maximum atomic E-state index is 11.3. The van der Waals surface area contributed by atoms with Crippen LogP contribution < -0.4 is 11.1 Å². The Bertz CT molecular complexity index is 501. The predicted molar refractivity (Wildman–Crippen MR) is 82.4 cm³/mol. The van der Waals surface area contributed by atoms with Gasteiger partial charge in [0.1, 0.15) is 12.7 Å². The van der Waals surface area contributed by atoms with Gasteiger partial charge >= 0.3 is 0 Å². The summed E-state index contributed by atoms with van der Waals surface area (Å²) in [7, 11) is 0. The summed E-state index contributed by atoms with van der Waals surface area (Å²) in [4.78, 5) is 15.2. The van der Waals surface area contributed by atoms with E-state index in [1.165, 1.54) is 6.33 Å². The molecule has 0 saturated heterocycles. The second-order valence-electron chi connectivity index (χ2n) is 3.88. The molecule has 0 aliphatic heterocycles. The van der Waals surface area contributed by atoms with Gasteiger partial charge in [-0.25, -0.2) is 9.67 Å². The standard InChI is InChI=1S/C12H15N5O.2ClH/c13-6-5-12(18)16-11-3-1-10(2-4-11)7-17-9-14-8-15-17;;/h1-4,8-9H,5-7,13H2,(H,16,18);2*1H. The van der Waals surface area contributed by atoms with Crippen molar-refractivity contribution in [3.05, 3.63) is 42.5 Å². The molecule has 110 valence electrons. The van der Waals surface area contributed by atoms with Gasteiger partial charge in [-0.2, -0.15) is 5.10 Å². The van der Waals surface area contributed by atoms with E-state index in [-0.39, 0.29) is 30.7 Å². The van der Waals surface area contributed by atoms with E-state index in [9.17, 15) is 4.79 Å². The lowest BCUT2D eigenvalue weighted by Crippen LogP contribution is -2.16. The van der Waals surface area contributed by atoms with Crippen molar-refractivity contribution in [2.75, 3.05) is 11.9 Å². The molecule has 0 bridgehead atoms. The van der Waals surface area contributed by atoms with Gasteiger partial charge in [-0.15, -0.1) is 24.8 Å². The number of amides is 1. The zero-order chi connectivity index (χ0) is 12.8. The van der Waals surface area contributed by atoms with Crippen molar-refractivity contribution >= 4 is 36.4 Å². The Morgan fingerprint density at radius 1 is 1.25 bits per heavy atom. The molecule has 0 atom stereocenters. The maximum Gasteiger partial charge on any atom is 0.225 e. The number of anilines is 1. The molecular weight excluding hydrogens is 301 g/mol. The van der Waals surface area contributed by atoms with Crippen molar-refractivity contribution < 1.29 is 4.79 Å². The molecule has 0 aliphatic rings. The molecule has 1 amide bonds. The monoisotopic (exact) mass is 317 g/mol. The van der Waals surface area contributed by atoms with Crippen LogP contribution in [0.1, 0.15) is 12.0 Å². The molecule has 6 nitrogen and oxygen atoms in total. The fraction of sp³-hybridized carbons (Fsp3) is 0.250. The van der Waals surface area contributed by atoms with Crippen molar-refractivity contribution in [3.63, 3.8) is 0 Å². The first-order valence-electron chi connectivity index (χ1n) is 5.69. The number of aromatic nitrogens is 3. The van der Waals surface area contributed by atoms with Gasteiger partial charge in [-0.3, -0.25) is 4.79 Å². The summed E-state index contributed by atoms with van der Waals surface area (Å²) in [5, 5.41) is 6.80. The molecule has 1 aromatic carbocycles. The first kappa shape index (κ1) is 18.4. The van der Waals surface area contributed by atoms with Gasteiger partial charge in [0.15, 0.2) is 0 Å². The Balaban J connectivity index is 0.00000180. The lowest BCUT2D eigenvalue weighted by Gasteiger charge is -2.06. The van der Waals surface area contributed by atoms with Crippen LogP contribution in [0.3, 0.4) is 0 Å². The zero-order valence-electron chi connectivity index (χ0n) is 10.7. The van der Waals surface area contributed by atoms with E-state index in [4.69, 9.17) is 5.73 Å². The third-order valence-electron chi connectivity index (χ3n) is 2.42. The van der Waals surface area contributed by atoms with Crippen LogP contribution in [0.2, 0.25) is 0 Å². The first-order valence-corrected chi connectivity index (χ1v) is 5.69. The Morgan fingerprint density at radius 2 is 1.95 bits per heavy atom. The van der Waals surface area contributed by atoms with E-state index in [0.717, 1.165) is 11.3 Å². The highest BCUT2D eigenvalue weighted by Crippen LogP contribution is 2.10. The quantitative estimate of drug-likeness (QED) is 0.874. The van der Waals surface area contributed by atoms with E-state index >= 15 is 0 Å². The normalized spacial score (nSPS) is 9.25. The van der Waals surface area contributed by atoms with E-state index in [1.807, 2.05) is 24.3 Å². The molecular formula is C12H17Cl2N5O. The summed E-state index contributed by atoms with van der Waals surface area (Å²) in [5.41, 5.74) is 7.18. The topological polar surface area (TPSA) is 85.8 Å².